The van der Waals surface area contributed by atoms with E-state index >= 15 is 0 Å². The highest BCUT2D eigenvalue weighted by atomic mass is 15.3. The average molecular weight is 286 g/mol. The summed E-state index contributed by atoms with van der Waals surface area (Å²) in [7, 11) is 4.10. The van der Waals surface area contributed by atoms with Gasteiger partial charge in [0.15, 0.2) is 0 Å². The van der Waals surface area contributed by atoms with Crippen LogP contribution in [-0.4, -0.2) is 28.3 Å². The Kier molecular flexibility index (Phi) is 5.15. The molecule has 4 heteroatoms. The van der Waals surface area contributed by atoms with Crippen molar-refractivity contribution < 1.29 is 0 Å². The molecular formula is C17H26N4. The summed E-state index contributed by atoms with van der Waals surface area (Å²) in [6, 6.07) is 8.83. The zero-order valence-corrected chi connectivity index (χ0v) is 13.5. The molecule has 0 spiro atoms. The van der Waals surface area contributed by atoms with E-state index in [0.29, 0.717) is 6.54 Å². The number of hydrogen-bond acceptors (Lipinski definition) is 3. The Morgan fingerprint density at radius 2 is 2.14 bits per heavy atom. The molecule has 0 saturated carbocycles. The van der Waals surface area contributed by atoms with Crippen LogP contribution in [0.4, 0.5) is 0 Å². The van der Waals surface area contributed by atoms with Crippen molar-refractivity contribution in [2.75, 3.05) is 13.6 Å². The second-order valence-corrected chi connectivity index (χ2v) is 5.71. The van der Waals surface area contributed by atoms with Gasteiger partial charge in [-0.25, -0.2) is 0 Å². The van der Waals surface area contributed by atoms with Crippen molar-refractivity contribution in [1.29, 1.82) is 0 Å². The number of nitrogens with two attached hydrogens (primary N) is 1. The SMILES string of the molecule is CCc1nn(C)cc1C(CN)N(C)Cc1cccc(C)c1. The van der Waals surface area contributed by atoms with Gasteiger partial charge in [-0.05, 0) is 26.0 Å². The summed E-state index contributed by atoms with van der Waals surface area (Å²) in [4.78, 5) is 2.31. The lowest BCUT2D eigenvalue weighted by Gasteiger charge is -2.27. The Balaban J connectivity index is 2.20. The van der Waals surface area contributed by atoms with Crippen molar-refractivity contribution in [3.05, 3.63) is 52.8 Å². The highest BCUT2D eigenvalue weighted by Gasteiger charge is 2.20. The van der Waals surface area contributed by atoms with E-state index in [1.165, 1.54) is 16.7 Å². The minimum Gasteiger partial charge on any atom is -0.329 e. The Morgan fingerprint density at radius 1 is 1.38 bits per heavy atom. The largest absolute Gasteiger partial charge is 0.329 e. The van der Waals surface area contributed by atoms with Crippen molar-refractivity contribution >= 4 is 0 Å². The molecule has 2 rings (SSSR count). The van der Waals surface area contributed by atoms with E-state index in [1.807, 2.05) is 11.7 Å². The Labute approximate surface area is 127 Å². The maximum Gasteiger partial charge on any atom is 0.0670 e. The van der Waals surface area contributed by atoms with Gasteiger partial charge in [-0.2, -0.15) is 5.10 Å². The van der Waals surface area contributed by atoms with Crippen molar-refractivity contribution in [2.45, 2.75) is 32.9 Å². The summed E-state index contributed by atoms with van der Waals surface area (Å²) < 4.78 is 1.89. The maximum absolute atomic E-state index is 6.04. The average Bonchev–Trinajstić information content (AvgIpc) is 2.80. The highest BCUT2D eigenvalue weighted by Crippen LogP contribution is 2.23. The third-order valence-corrected chi connectivity index (χ3v) is 3.90. The molecule has 4 nitrogen and oxygen atoms in total. The monoisotopic (exact) mass is 286 g/mol. The molecule has 0 radical (unpaired) electrons. The standard InChI is InChI=1S/C17H26N4/c1-5-16-15(12-21(4)19-16)17(10-18)20(3)11-14-8-6-7-13(2)9-14/h6-9,12,17H,5,10-11,18H2,1-4H3. The smallest absolute Gasteiger partial charge is 0.0670 e. The predicted octanol–water partition coefficient (Wildman–Crippen LogP) is 2.42. The van der Waals surface area contributed by atoms with Gasteiger partial charge in [-0.1, -0.05) is 36.8 Å². The molecule has 0 amide bonds. The molecule has 0 bridgehead atoms. The molecule has 1 heterocycles. The van der Waals surface area contributed by atoms with Crippen LogP contribution in [0.2, 0.25) is 0 Å². The van der Waals surface area contributed by atoms with Gasteiger partial charge >= 0.3 is 0 Å². The fraction of sp³-hybridized carbons (Fsp3) is 0.471. The topological polar surface area (TPSA) is 47.1 Å². The second-order valence-electron chi connectivity index (χ2n) is 5.71. The van der Waals surface area contributed by atoms with Crippen molar-refractivity contribution in [3.63, 3.8) is 0 Å². The lowest BCUT2D eigenvalue weighted by Crippen LogP contribution is -2.30. The van der Waals surface area contributed by atoms with E-state index in [4.69, 9.17) is 5.73 Å². The van der Waals surface area contributed by atoms with Crippen LogP contribution in [0.1, 0.15) is 35.3 Å². The molecule has 0 saturated heterocycles. The van der Waals surface area contributed by atoms with Gasteiger partial charge in [-0.15, -0.1) is 0 Å². The molecule has 1 aromatic heterocycles. The zero-order chi connectivity index (χ0) is 15.4. The van der Waals surface area contributed by atoms with Crippen LogP contribution in [0.25, 0.3) is 0 Å². The minimum atomic E-state index is 0.203. The van der Waals surface area contributed by atoms with E-state index in [9.17, 15) is 0 Å². The number of benzene rings is 1. The highest BCUT2D eigenvalue weighted by molar-refractivity contribution is 5.24. The molecule has 21 heavy (non-hydrogen) atoms. The summed E-state index contributed by atoms with van der Waals surface area (Å²) in [6.45, 7) is 5.75. The Hall–Kier alpha value is -1.65. The third kappa shape index (κ3) is 3.71. The van der Waals surface area contributed by atoms with Gasteiger partial charge in [0.2, 0.25) is 0 Å². The van der Waals surface area contributed by atoms with Gasteiger partial charge in [0.05, 0.1) is 11.7 Å². The maximum atomic E-state index is 6.04. The van der Waals surface area contributed by atoms with Gasteiger partial charge in [0.1, 0.15) is 0 Å². The first-order valence-corrected chi connectivity index (χ1v) is 7.53. The quantitative estimate of drug-likeness (QED) is 0.887. The van der Waals surface area contributed by atoms with E-state index in [0.717, 1.165) is 18.7 Å². The van der Waals surface area contributed by atoms with Crippen LogP contribution in [0.5, 0.6) is 0 Å². The van der Waals surface area contributed by atoms with Crippen LogP contribution < -0.4 is 5.73 Å². The molecule has 0 aliphatic heterocycles. The van der Waals surface area contributed by atoms with Crippen LogP contribution in [-0.2, 0) is 20.0 Å². The molecule has 1 unspecified atom stereocenters. The summed E-state index contributed by atoms with van der Waals surface area (Å²) in [5, 5.41) is 4.54. The molecule has 0 fully saturated rings. The Bertz CT molecular complexity index is 588. The number of rotatable bonds is 6. The number of aryl methyl sites for hydroxylation is 3. The normalized spacial score (nSPS) is 12.9. The number of hydrogen-bond donors (Lipinski definition) is 1. The van der Waals surface area contributed by atoms with Crippen LogP contribution in [0.3, 0.4) is 0 Å². The van der Waals surface area contributed by atoms with Gasteiger partial charge < -0.3 is 5.73 Å². The predicted molar refractivity (Wildman–Crippen MR) is 87.0 cm³/mol. The Morgan fingerprint density at radius 3 is 2.76 bits per heavy atom. The first-order chi connectivity index (χ1) is 10.0. The van der Waals surface area contributed by atoms with Crippen LogP contribution in [0, 0.1) is 6.92 Å². The molecule has 0 aliphatic carbocycles. The van der Waals surface area contributed by atoms with E-state index in [1.54, 1.807) is 0 Å². The summed E-state index contributed by atoms with van der Waals surface area (Å²) in [5.41, 5.74) is 11.0. The van der Waals surface area contributed by atoms with E-state index in [2.05, 4.69) is 61.4 Å². The second kappa shape index (κ2) is 6.87. The lowest BCUT2D eigenvalue weighted by molar-refractivity contribution is 0.240. The molecule has 1 aromatic carbocycles. The molecule has 2 aromatic rings. The number of nitrogens with zero attached hydrogens (tertiary/aromatic N) is 3. The molecule has 114 valence electrons. The van der Waals surface area contributed by atoms with Gasteiger partial charge in [-0.3, -0.25) is 9.58 Å². The fourth-order valence-electron chi connectivity index (χ4n) is 2.86. The van der Waals surface area contributed by atoms with E-state index < -0.39 is 0 Å². The minimum absolute atomic E-state index is 0.203. The van der Waals surface area contributed by atoms with Crippen molar-refractivity contribution in [1.82, 2.24) is 14.7 Å². The third-order valence-electron chi connectivity index (χ3n) is 3.90. The van der Waals surface area contributed by atoms with Crippen molar-refractivity contribution in [3.8, 4) is 0 Å². The van der Waals surface area contributed by atoms with Crippen LogP contribution in [0.15, 0.2) is 30.5 Å². The number of aromatic nitrogens is 2. The van der Waals surface area contributed by atoms with Gasteiger partial charge in [0.25, 0.3) is 0 Å². The fourth-order valence-corrected chi connectivity index (χ4v) is 2.86. The zero-order valence-electron chi connectivity index (χ0n) is 13.5. The lowest BCUT2D eigenvalue weighted by atomic mass is 10.0. The molecular weight excluding hydrogens is 260 g/mol. The first kappa shape index (κ1) is 15.7. The summed E-state index contributed by atoms with van der Waals surface area (Å²) in [6.07, 6.45) is 3.04. The molecule has 1 atom stereocenters. The first-order valence-electron chi connectivity index (χ1n) is 7.53. The van der Waals surface area contributed by atoms with Gasteiger partial charge in [0, 0.05) is 31.9 Å². The molecule has 0 aliphatic rings. The summed E-state index contributed by atoms with van der Waals surface area (Å²) >= 11 is 0. The van der Waals surface area contributed by atoms with Crippen molar-refractivity contribution in [2.24, 2.45) is 12.8 Å². The summed E-state index contributed by atoms with van der Waals surface area (Å²) in [5.74, 6) is 0. The molecule has 2 N–H and O–H groups in total. The van der Waals surface area contributed by atoms with E-state index in [-0.39, 0.29) is 6.04 Å². The van der Waals surface area contributed by atoms with Crippen LogP contribution >= 0.6 is 0 Å². The number of likely N-dealkylation sites (N-methyl/N-ethyl adjacent to an activating group) is 1.